The second kappa shape index (κ2) is 6.50. The summed E-state index contributed by atoms with van der Waals surface area (Å²) in [7, 11) is 1.64. The van der Waals surface area contributed by atoms with Gasteiger partial charge < -0.3 is 15.4 Å². The summed E-state index contributed by atoms with van der Waals surface area (Å²) in [6.07, 6.45) is 1.91. The lowest BCUT2D eigenvalue weighted by Crippen LogP contribution is -2.30. The Morgan fingerprint density at radius 2 is 2.13 bits per heavy atom. The van der Waals surface area contributed by atoms with Crippen molar-refractivity contribution in [2.24, 2.45) is 0 Å². The molecular formula is C18H19ClN2O2. The molecule has 0 aromatic heterocycles. The predicted octanol–water partition coefficient (Wildman–Crippen LogP) is 3.91. The Morgan fingerprint density at radius 1 is 1.30 bits per heavy atom. The highest BCUT2D eigenvalue weighted by molar-refractivity contribution is 6.34. The van der Waals surface area contributed by atoms with Gasteiger partial charge in [0.25, 0.3) is 5.91 Å². The SMILES string of the molecule is COc1cccc(C2CCCN2C(=O)c2ccc(N)cc2Cl)c1. The van der Waals surface area contributed by atoms with Gasteiger partial charge in [0.2, 0.25) is 0 Å². The Morgan fingerprint density at radius 3 is 2.87 bits per heavy atom. The van der Waals surface area contributed by atoms with Crippen molar-refractivity contribution in [1.82, 2.24) is 4.90 Å². The van der Waals surface area contributed by atoms with Crippen LogP contribution >= 0.6 is 11.6 Å². The number of ether oxygens (including phenoxy) is 1. The topological polar surface area (TPSA) is 55.6 Å². The zero-order chi connectivity index (χ0) is 16.4. The van der Waals surface area contributed by atoms with Gasteiger partial charge in [-0.2, -0.15) is 0 Å². The molecule has 0 saturated carbocycles. The summed E-state index contributed by atoms with van der Waals surface area (Å²) in [6, 6.07) is 12.9. The number of likely N-dealkylation sites (tertiary alicyclic amines) is 1. The second-order valence-corrected chi connectivity index (χ2v) is 6.08. The van der Waals surface area contributed by atoms with E-state index in [4.69, 9.17) is 22.1 Å². The molecule has 1 saturated heterocycles. The predicted molar refractivity (Wildman–Crippen MR) is 91.9 cm³/mol. The molecular weight excluding hydrogens is 312 g/mol. The Labute approximate surface area is 140 Å². The average molecular weight is 331 g/mol. The van der Waals surface area contributed by atoms with E-state index in [0.29, 0.717) is 16.3 Å². The normalized spacial score (nSPS) is 17.3. The van der Waals surface area contributed by atoms with E-state index in [9.17, 15) is 4.79 Å². The summed E-state index contributed by atoms with van der Waals surface area (Å²) < 4.78 is 5.29. The second-order valence-electron chi connectivity index (χ2n) is 5.67. The fourth-order valence-electron chi connectivity index (χ4n) is 3.06. The number of amides is 1. The summed E-state index contributed by atoms with van der Waals surface area (Å²) in [5.41, 5.74) is 7.84. The standard InChI is InChI=1S/C18H19ClN2O2/c1-23-14-5-2-4-12(10-14)17-6-3-9-21(17)18(22)15-8-7-13(20)11-16(15)19/h2,4-5,7-8,10-11,17H,3,6,9,20H2,1H3. The van der Waals surface area contributed by atoms with Gasteiger partial charge in [0.15, 0.2) is 0 Å². The zero-order valence-corrected chi connectivity index (χ0v) is 13.7. The number of nitrogens with two attached hydrogens (primary N) is 1. The van der Waals surface area contributed by atoms with Crippen LogP contribution in [0, 0.1) is 0 Å². The number of nitrogens with zero attached hydrogens (tertiary/aromatic N) is 1. The maximum absolute atomic E-state index is 12.9. The van der Waals surface area contributed by atoms with Crippen molar-refractivity contribution in [3.8, 4) is 5.75 Å². The van der Waals surface area contributed by atoms with Crippen LogP contribution in [-0.4, -0.2) is 24.5 Å². The van der Waals surface area contributed by atoms with E-state index in [0.717, 1.165) is 30.7 Å². The van der Waals surface area contributed by atoms with Gasteiger partial charge in [-0.1, -0.05) is 23.7 Å². The third kappa shape index (κ3) is 3.13. The van der Waals surface area contributed by atoms with Crippen molar-refractivity contribution >= 4 is 23.2 Å². The number of carbonyl (C=O) groups is 1. The molecule has 1 amide bonds. The Hall–Kier alpha value is -2.20. The minimum Gasteiger partial charge on any atom is -0.497 e. The average Bonchev–Trinajstić information content (AvgIpc) is 3.04. The number of hydrogen-bond acceptors (Lipinski definition) is 3. The monoisotopic (exact) mass is 330 g/mol. The molecule has 1 aliphatic rings. The molecule has 5 heteroatoms. The molecule has 1 heterocycles. The smallest absolute Gasteiger partial charge is 0.255 e. The molecule has 4 nitrogen and oxygen atoms in total. The highest BCUT2D eigenvalue weighted by Gasteiger charge is 2.31. The van der Waals surface area contributed by atoms with Crippen molar-refractivity contribution in [1.29, 1.82) is 0 Å². The first-order valence-corrected chi connectivity index (χ1v) is 7.98. The Balaban J connectivity index is 1.90. The van der Waals surface area contributed by atoms with Crippen LogP contribution in [0.15, 0.2) is 42.5 Å². The molecule has 23 heavy (non-hydrogen) atoms. The minimum absolute atomic E-state index is 0.0474. The van der Waals surface area contributed by atoms with E-state index >= 15 is 0 Å². The summed E-state index contributed by atoms with van der Waals surface area (Å²) in [6.45, 7) is 0.724. The summed E-state index contributed by atoms with van der Waals surface area (Å²) in [4.78, 5) is 14.8. The number of methoxy groups -OCH3 is 1. The number of anilines is 1. The Kier molecular flexibility index (Phi) is 4.44. The molecule has 3 rings (SSSR count). The molecule has 1 unspecified atom stereocenters. The number of benzene rings is 2. The van der Waals surface area contributed by atoms with Crippen molar-refractivity contribution < 1.29 is 9.53 Å². The van der Waals surface area contributed by atoms with Gasteiger partial charge in [0.05, 0.1) is 23.7 Å². The molecule has 0 bridgehead atoms. The quantitative estimate of drug-likeness (QED) is 0.868. The number of hydrogen-bond donors (Lipinski definition) is 1. The van der Waals surface area contributed by atoms with Gasteiger partial charge in [0, 0.05) is 12.2 Å². The first kappa shape index (κ1) is 15.7. The van der Waals surface area contributed by atoms with E-state index < -0.39 is 0 Å². The number of nitrogen functional groups attached to an aromatic ring is 1. The fourth-order valence-corrected chi connectivity index (χ4v) is 3.33. The van der Waals surface area contributed by atoms with E-state index in [1.807, 2.05) is 29.2 Å². The lowest BCUT2D eigenvalue weighted by atomic mass is 10.0. The molecule has 1 fully saturated rings. The first-order valence-electron chi connectivity index (χ1n) is 7.60. The number of carbonyl (C=O) groups excluding carboxylic acids is 1. The van der Waals surface area contributed by atoms with Gasteiger partial charge >= 0.3 is 0 Å². The van der Waals surface area contributed by atoms with Crippen molar-refractivity contribution in [2.45, 2.75) is 18.9 Å². The molecule has 120 valence electrons. The lowest BCUT2D eigenvalue weighted by Gasteiger charge is -2.26. The van der Waals surface area contributed by atoms with Gasteiger partial charge in [0.1, 0.15) is 5.75 Å². The van der Waals surface area contributed by atoms with Crippen LogP contribution in [0.4, 0.5) is 5.69 Å². The molecule has 2 aromatic carbocycles. The number of rotatable bonds is 3. The summed E-state index contributed by atoms with van der Waals surface area (Å²) in [5.74, 6) is 0.743. The van der Waals surface area contributed by atoms with Crippen LogP contribution in [0.5, 0.6) is 5.75 Å². The van der Waals surface area contributed by atoms with Crippen molar-refractivity contribution in [2.75, 3.05) is 19.4 Å². The first-order chi connectivity index (χ1) is 11.1. The van der Waals surface area contributed by atoms with E-state index in [1.54, 1.807) is 25.3 Å². The Bertz CT molecular complexity index is 733. The largest absolute Gasteiger partial charge is 0.497 e. The van der Waals surface area contributed by atoms with Crippen LogP contribution in [0.1, 0.15) is 34.8 Å². The van der Waals surface area contributed by atoms with Crippen molar-refractivity contribution in [3.63, 3.8) is 0 Å². The molecule has 2 aromatic rings. The van der Waals surface area contributed by atoms with Gasteiger partial charge in [-0.25, -0.2) is 0 Å². The maximum Gasteiger partial charge on any atom is 0.255 e. The summed E-state index contributed by atoms with van der Waals surface area (Å²) >= 11 is 6.20. The van der Waals surface area contributed by atoms with Gasteiger partial charge in [-0.15, -0.1) is 0 Å². The molecule has 0 radical (unpaired) electrons. The molecule has 2 N–H and O–H groups in total. The van der Waals surface area contributed by atoms with Gasteiger partial charge in [-0.05, 0) is 48.7 Å². The molecule has 0 aliphatic carbocycles. The minimum atomic E-state index is -0.0553. The highest BCUT2D eigenvalue weighted by Crippen LogP contribution is 2.35. The van der Waals surface area contributed by atoms with E-state index in [1.165, 1.54) is 0 Å². The maximum atomic E-state index is 12.9. The lowest BCUT2D eigenvalue weighted by molar-refractivity contribution is 0.0735. The van der Waals surface area contributed by atoms with Crippen molar-refractivity contribution in [3.05, 3.63) is 58.6 Å². The van der Waals surface area contributed by atoms with Crippen LogP contribution in [-0.2, 0) is 0 Å². The van der Waals surface area contributed by atoms with Crippen LogP contribution in [0.25, 0.3) is 0 Å². The number of halogens is 1. The fraction of sp³-hybridized carbons (Fsp3) is 0.278. The third-order valence-electron chi connectivity index (χ3n) is 4.22. The van der Waals surface area contributed by atoms with E-state index in [2.05, 4.69) is 0 Å². The molecule has 1 atom stereocenters. The van der Waals surface area contributed by atoms with Crippen LogP contribution in [0.2, 0.25) is 5.02 Å². The van der Waals surface area contributed by atoms with Gasteiger partial charge in [-0.3, -0.25) is 4.79 Å². The summed E-state index contributed by atoms with van der Waals surface area (Å²) in [5, 5.41) is 0.395. The van der Waals surface area contributed by atoms with Crippen LogP contribution < -0.4 is 10.5 Å². The third-order valence-corrected chi connectivity index (χ3v) is 4.53. The van der Waals surface area contributed by atoms with E-state index in [-0.39, 0.29) is 11.9 Å². The highest BCUT2D eigenvalue weighted by atomic mass is 35.5. The molecule has 0 spiro atoms. The zero-order valence-electron chi connectivity index (χ0n) is 13.0. The molecule has 1 aliphatic heterocycles. The van der Waals surface area contributed by atoms with Crippen LogP contribution in [0.3, 0.4) is 0 Å².